The van der Waals surface area contributed by atoms with Crippen LogP contribution in [0, 0.1) is 0 Å². The molecule has 1 aromatic rings. The quantitative estimate of drug-likeness (QED) is 0.473. The summed E-state index contributed by atoms with van der Waals surface area (Å²) in [6.07, 6.45) is 2.90. The Morgan fingerprint density at radius 2 is 2.20 bits per heavy atom. The average Bonchev–Trinajstić information content (AvgIpc) is 2.17. The summed E-state index contributed by atoms with van der Waals surface area (Å²) >= 11 is 0. The van der Waals surface area contributed by atoms with Crippen LogP contribution in [0.2, 0.25) is 0 Å². The molecule has 15 heavy (non-hydrogen) atoms. The van der Waals surface area contributed by atoms with Crippen LogP contribution in [0.25, 0.3) is 0 Å². The highest BCUT2D eigenvalue weighted by atomic mass is 32.2. The molecule has 0 saturated carbocycles. The van der Waals surface area contributed by atoms with E-state index in [4.69, 9.17) is 0 Å². The first-order valence-corrected chi connectivity index (χ1v) is 5.51. The second kappa shape index (κ2) is 4.26. The third-order valence-corrected chi connectivity index (χ3v) is 2.99. The molecule has 0 aromatic carbocycles. The predicted molar refractivity (Wildman–Crippen MR) is 53.0 cm³/mol. The predicted octanol–water partition coefficient (Wildman–Crippen LogP) is -1.36. The SMILES string of the molecule is CN(C)c1cc[nH+]cc1S(=O)(=O)/N=C\[O-]. The number of pyridine rings is 1. The molecule has 0 unspecified atom stereocenters. The third kappa shape index (κ3) is 2.44. The highest BCUT2D eigenvalue weighted by Gasteiger charge is 2.20. The molecule has 0 saturated heterocycles. The summed E-state index contributed by atoms with van der Waals surface area (Å²) in [4.78, 5) is 4.24. The number of rotatable bonds is 3. The second-order valence-electron chi connectivity index (χ2n) is 2.97. The molecule has 0 aliphatic carbocycles. The highest BCUT2D eigenvalue weighted by Crippen LogP contribution is 2.22. The fourth-order valence-electron chi connectivity index (χ4n) is 1.10. The van der Waals surface area contributed by atoms with Gasteiger partial charge in [0.2, 0.25) is 0 Å². The van der Waals surface area contributed by atoms with Gasteiger partial charge in [0.1, 0.15) is 0 Å². The van der Waals surface area contributed by atoms with Crippen LogP contribution in [0.4, 0.5) is 5.69 Å². The maximum Gasteiger partial charge on any atom is 0.289 e. The summed E-state index contributed by atoms with van der Waals surface area (Å²) in [7, 11) is -0.495. The van der Waals surface area contributed by atoms with Gasteiger partial charge in [-0.15, -0.1) is 0 Å². The molecule has 1 heterocycles. The molecule has 0 amide bonds. The lowest BCUT2D eigenvalue weighted by Gasteiger charge is -2.13. The van der Waals surface area contributed by atoms with Crippen LogP contribution in [-0.2, 0) is 10.0 Å². The lowest BCUT2D eigenvalue weighted by atomic mass is 10.4. The molecule has 0 bridgehead atoms. The molecule has 82 valence electrons. The monoisotopic (exact) mass is 229 g/mol. The van der Waals surface area contributed by atoms with Crippen molar-refractivity contribution in [3.63, 3.8) is 0 Å². The van der Waals surface area contributed by atoms with Crippen molar-refractivity contribution in [2.75, 3.05) is 19.0 Å². The standard InChI is InChI=1S/C8H11N3O3S/c1-11(2)7-3-4-9-5-8(7)15(13,14)10-6-12/h3-6H,1-2H3,(H,10,12). The molecule has 1 aromatic heterocycles. The Labute approximate surface area is 88.0 Å². The molecule has 0 fully saturated rings. The molecular weight excluding hydrogens is 218 g/mol. The second-order valence-corrected chi connectivity index (χ2v) is 4.57. The molecule has 0 atom stereocenters. The normalized spacial score (nSPS) is 11.9. The number of aromatic nitrogens is 1. The number of anilines is 1. The number of nitrogens with one attached hydrogen (secondary N) is 1. The van der Waals surface area contributed by atoms with Crippen molar-refractivity contribution in [1.82, 2.24) is 0 Å². The van der Waals surface area contributed by atoms with E-state index in [1.54, 1.807) is 31.3 Å². The van der Waals surface area contributed by atoms with E-state index in [2.05, 4.69) is 9.38 Å². The van der Waals surface area contributed by atoms with E-state index < -0.39 is 10.0 Å². The van der Waals surface area contributed by atoms with Crippen molar-refractivity contribution in [3.8, 4) is 0 Å². The van der Waals surface area contributed by atoms with Crippen LogP contribution < -0.4 is 15.0 Å². The van der Waals surface area contributed by atoms with Crippen molar-refractivity contribution < 1.29 is 18.5 Å². The molecule has 0 radical (unpaired) electrons. The van der Waals surface area contributed by atoms with Gasteiger partial charge in [0.25, 0.3) is 10.0 Å². The number of aromatic amines is 1. The van der Waals surface area contributed by atoms with Crippen LogP contribution in [0.15, 0.2) is 27.8 Å². The van der Waals surface area contributed by atoms with E-state index in [0.29, 0.717) is 5.69 Å². The number of nitrogens with zero attached hydrogens (tertiary/aromatic N) is 2. The van der Waals surface area contributed by atoms with Crippen LogP contribution in [0.1, 0.15) is 0 Å². The molecule has 7 heteroatoms. The Balaban J connectivity index is 3.38. The van der Waals surface area contributed by atoms with E-state index in [9.17, 15) is 13.5 Å². The lowest BCUT2D eigenvalue weighted by Crippen LogP contribution is -2.17. The molecule has 0 spiro atoms. The maximum absolute atomic E-state index is 11.5. The minimum Gasteiger partial charge on any atom is -0.864 e. The van der Waals surface area contributed by atoms with E-state index in [0.717, 1.165) is 0 Å². The molecule has 1 N–H and O–H groups in total. The first-order chi connectivity index (χ1) is 6.99. The van der Waals surface area contributed by atoms with Gasteiger partial charge in [-0.1, -0.05) is 0 Å². The fourth-order valence-corrected chi connectivity index (χ4v) is 2.06. The fraction of sp³-hybridized carbons (Fsp3) is 0.250. The van der Waals surface area contributed by atoms with Crippen molar-refractivity contribution in [2.45, 2.75) is 4.90 Å². The maximum atomic E-state index is 11.5. The summed E-state index contributed by atoms with van der Waals surface area (Å²) in [6.45, 7) is 0. The molecule has 6 nitrogen and oxygen atoms in total. The van der Waals surface area contributed by atoms with Gasteiger partial charge in [0.15, 0.2) is 17.3 Å². The summed E-state index contributed by atoms with van der Waals surface area (Å²) in [6, 6.07) is 1.59. The summed E-state index contributed by atoms with van der Waals surface area (Å²) in [5.41, 5.74) is 0.472. The topological polar surface area (TPSA) is 86.9 Å². The minimum atomic E-state index is -3.90. The third-order valence-electron chi connectivity index (χ3n) is 1.75. The number of H-pyrrole nitrogens is 1. The van der Waals surface area contributed by atoms with Gasteiger partial charge < -0.3 is 10.0 Å². The summed E-state index contributed by atoms with van der Waals surface area (Å²) < 4.78 is 25.9. The van der Waals surface area contributed by atoms with Gasteiger partial charge in [-0.25, -0.2) is 4.98 Å². The lowest BCUT2D eigenvalue weighted by molar-refractivity contribution is -0.380. The van der Waals surface area contributed by atoms with Crippen LogP contribution >= 0.6 is 0 Å². The Morgan fingerprint density at radius 1 is 1.53 bits per heavy atom. The Hall–Kier alpha value is -1.63. The van der Waals surface area contributed by atoms with Crippen LogP contribution in [-0.4, -0.2) is 28.9 Å². The van der Waals surface area contributed by atoms with Crippen molar-refractivity contribution in [2.24, 2.45) is 4.40 Å². The Kier molecular flexibility index (Phi) is 3.25. The minimum absolute atomic E-state index is 0.0156. The number of hydrogen-bond donors (Lipinski definition) is 0. The first-order valence-electron chi connectivity index (χ1n) is 4.07. The van der Waals surface area contributed by atoms with E-state index in [1.165, 1.54) is 6.20 Å². The zero-order valence-electron chi connectivity index (χ0n) is 8.34. The highest BCUT2D eigenvalue weighted by molar-refractivity contribution is 7.90. The summed E-state index contributed by atoms with van der Waals surface area (Å²) in [5, 5.41) is 10.1. The first kappa shape index (κ1) is 11.4. The van der Waals surface area contributed by atoms with Gasteiger partial charge in [-0.2, -0.15) is 12.8 Å². The largest absolute Gasteiger partial charge is 0.864 e. The summed E-state index contributed by atoms with van der Waals surface area (Å²) in [5.74, 6) is 0. The van der Waals surface area contributed by atoms with Gasteiger partial charge in [-0.05, 0) is 6.40 Å². The molecular formula is C8H11N3O3S. The van der Waals surface area contributed by atoms with Crippen molar-refractivity contribution in [1.29, 1.82) is 0 Å². The van der Waals surface area contributed by atoms with Crippen molar-refractivity contribution >= 4 is 22.1 Å². The molecule has 0 aliphatic heterocycles. The molecule has 0 aliphatic rings. The van der Waals surface area contributed by atoms with E-state index in [1.807, 2.05) is 0 Å². The van der Waals surface area contributed by atoms with E-state index in [-0.39, 0.29) is 11.3 Å². The van der Waals surface area contributed by atoms with Gasteiger partial charge >= 0.3 is 0 Å². The van der Waals surface area contributed by atoms with Crippen LogP contribution in [0.3, 0.4) is 0 Å². The zero-order chi connectivity index (χ0) is 11.5. The van der Waals surface area contributed by atoms with Crippen LogP contribution in [0.5, 0.6) is 0 Å². The van der Waals surface area contributed by atoms with E-state index >= 15 is 0 Å². The Bertz CT molecular complexity index is 468. The van der Waals surface area contributed by atoms with Gasteiger partial charge in [0, 0.05) is 20.2 Å². The van der Waals surface area contributed by atoms with Crippen molar-refractivity contribution in [3.05, 3.63) is 18.5 Å². The smallest absolute Gasteiger partial charge is 0.289 e. The average molecular weight is 229 g/mol. The zero-order valence-corrected chi connectivity index (χ0v) is 9.15. The Morgan fingerprint density at radius 3 is 2.73 bits per heavy atom. The number of hydrogen-bond acceptors (Lipinski definition) is 4. The molecule has 1 rings (SSSR count). The van der Waals surface area contributed by atoms with Gasteiger partial charge in [0.05, 0.1) is 5.69 Å². The van der Waals surface area contributed by atoms with Gasteiger partial charge in [-0.3, -0.25) is 0 Å². The number of sulfonamides is 1.